The van der Waals surface area contributed by atoms with Crippen LogP contribution in [0, 0.1) is 0 Å². The van der Waals surface area contributed by atoms with Crippen LogP contribution >= 0.6 is 0 Å². The van der Waals surface area contributed by atoms with Crippen molar-refractivity contribution in [2.24, 2.45) is 0 Å². The quantitative estimate of drug-likeness (QED) is 0.745. The van der Waals surface area contributed by atoms with Crippen molar-refractivity contribution in [2.45, 2.75) is 6.42 Å². The Kier molecular flexibility index (Phi) is 3.77. The zero-order chi connectivity index (χ0) is 14.5. The highest BCUT2D eigenvalue weighted by atomic mass is 16.1. The van der Waals surface area contributed by atoms with Crippen LogP contribution in [-0.2, 0) is 6.42 Å². The van der Waals surface area contributed by atoms with Crippen molar-refractivity contribution in [3.63, 3.8) is 0 Å². The van der Waals surface area contributed by atoms with Gasteiger partial charge in [0.15, 0.2) is 0 Å². The molecule has 0 aliphatic heterocycles. The summed E-state index contributed by atoms with van der Waals surface area (Å²) in [7, 11) is 0. The molecule has 6 nitrogen and oxygen atoms in total. The summed E-state index contributed by atoms with van der Waals surface area (Å²) in [6.07, 6.45) is 6.02. The van der Waals surface area contributed by atoms with E-state index in [0.717, 1.165) is 11.5 Å². The van der Waals surface area contributed by atoms with E-state index in [1.54, 1.807) is 0 Å². The molecule has 1 aromatic carbocycles. The molecule has 0 aliphatic carbocycles. The molecule has 2 aromatic heterocycles. The fourth-order valence-electron chi connectivity index (χ4n) is 2.04. The highest BCUT2D eigenvalue weighted by Gasteiger charge is 2.05. The summed E-state index contributed by atoms with van der Waals surface area (Å²) >= 11 is 0. The summed E-state index contributed by atoms with van der Waals surface area (Å²) in [5.74, 6) is 0.673. The maximum atomic E-state index is 12.0. The normalized spacial score (nSPS) is 10.5. The van der Waals surface area contributed by atoms with Gasteiger partial charge in [-0.25, -0.2) is 4.98 Å². The minimum Gasteiger partial charge on any atom is -0.352 e. The number of aromatic amines is 1. The van der Waals surface area contributed by atoms with Crippen LogP contribution in [0.3, 0.4) is 0 Å². The molecule has 0 bridgehead atoms. The van der Waals surface area contributed by atoms with Gasteiger partial charge >= 0.3 is 0 Å². The van der Waals surface area contributed by atoms with Crippen LogP contribution in [0.1, 0.15) is 16.2 Å². The zero-order valence-corrected chi connectivity index (χ0v) is 11.4. The Bertz CT molecular complexity index is 686. The molecule has 0 radical (unpaired) electrons. The van der Waals surface area contributed by atoms with Gasteiger partial charge in [-0.3, -0.25) is 9.89 Å². The van der Waals surface area contributed by atoms with Crippen molar-refractivity contribution in [1.82, 2.24) is 25.1 Å². The number of amides is 1. The lowest BCUT2D eigenvalue weighted by molar-refractivity contribution is 0.0954. The van der Waals surface area contributed by atoms with Crippen LogP contribution in [0.15, 0.2) is 55.1 Å². The number of nitrogens with one attached hydrogen (secondary N) is 2. The van der Waals surface area contributed by atoms with E-state index in [0.29, 0.717) is 18.5 Å². The molecule has 0 aliphatic rings. The van der Waals surface area contributed by atoms with Gasteiger partial charge < -0.3 is 9.88 Å². The molecule has 2 N–H and O–H groups in total. The Morgan fingerprint density at radius 3 is 2.62 bits per heavy atom. The van der Waals surface area contributed by atoms with E-state index in [1.165, 1.54) is 6.33 Å². The molecule has 0 atom stereocenters. The van der Waals surface area contributed by atoms with Gasteiger partial charge in [-0.2, -0.15) is 5.10 Å². The number of carbonyl (C=O) groups is 1. The SMILES string of the molecule is O=C(NCCc1ncn[nH]1)c1ccc(-n2cccc2)cc1. The smallest absolute Gasteiger partial charge is 0.251 e. The van der Waals surface area contributed by atoms with E-state index in [4.69, 9.17) is 0 Å². The van der Waals surface area contributed by atoms with E-state index in [2.05, 4.69) is 20.5 Å². The standard InChI is InChI=1S/C15H15N5O/c21-15(16-8-7-14-17-11-18-19-14)12-3-5-13(6-4-12)20-9-1-2-10-20/h1-6,9-11H,7-8H2,(H,16,21)(H,17,18,19). The van der Waals surface area contributed by atoms with Crippen molar-refractivity contribution in [1.29, 1.82) is 0 Å². The van der Waals surface area contributed by atoms with Gasteiger partial charge in [0.25, 0.3) is 5.91 Å². The van der Waals surface area contributed by atoms with E-state index in [9.17, 15) is 4.79 Å². The van der Waals surface area contributed by atoms with E-state index in [-0.39, 0.29) is 5.91 Å². The summed E-state index contributed by atoms with van der Waals surface area (Å²) in [6.45, 7) is 0.521. The second-order valence-electron chi connectivity index (χ2n) is 4.58. The molecule has 3 aromatic rings. The minimum atomic E-state index is -0.0893. The Labute approximate surface area is 121 Å². The third kappa shape index (κ3) is 3.17. The molecule has 6 heteroatoms. The number of nitrogens with zero attached hydrogens (tertiary/aromatic N) is 3. The molecule has 0 spiro atoms. The molecule has 3 rings (SSSR count). The van der Waals surface area contributed by atoms with Crippen LogP contribution in [0.5, 0.6) is 0 Å². The summed E-state index contributed by atoms with van der Waals surface area (Å²) < 4.78 is 1.99. The molecular weight excluding hydrogens is 266 g/mol. The molecule has 106 valence electrons. The fraction of sp³-hybridized carbons (Fsp3) is 0.133. The Balaban J connectivity index is 1.57. The molecule has 0 unspecified atom stereocenters. The molecule has 2 heterocycles. The van der Waals surface area contributed by atoms with Crippen LogP contribution in [-0.4, -0.2) is 32.2 Å². The average molecular weight is 281 g/mol. The first-order valence-corrected chi connectivity index (χ1v) is 6.69. The largest absolute Gasteiger partial charge is 0.352 e. The first-order chi connectivity index (χ1) is 10.3. The molecule has 0 fully saturated rings. The molecule has 1 amide bonds. The second-order valence-corrected chi connectivity index (χ2v) is 4.58. The minimum absolute atomic E-state index is 0.0893. The average Bonchev–Trinajstić information content (AvgIpc) is 3.21. The lowest BCUT2D eigenvalue weighted by Gasteiger charge is -2.06. The number of benzene rings is 1. The van der Waals surface area contributed by atoms with Gasteiger partial charge in [0.05, 0.1) is 0 Å². The first-order valence-electron chi connectivity index (χ1n) is 6.69. The van der Waals surface area contributed by atoms with Gasteiger partial charge in [-0.05, 0) is 36.4 Å². The van der Waals surface area contributed by atoms with E-state index >= 15 is 0 Å². The zero-order valence-electron chi connectivity index (χ0n) is 11.4. The predicted octanol–water partition coefficient (Wildman–Crippen LogP) is 1.57. The number of hydrogen-bond donors (Lipinski definition) is 2. The number of rotatable bonds is 5. The highest BCUT2D eigenvalue weighted by molar-refractivity contribution is 5.94. The van der Waals surface area contributed by atoms with Crippen LogP contribution in [0.25, 0.3) is 5.69 Å². The molecular formula is C15H15N5O. The highest BCUT2D eigenvalue weighted by Crippen LogP contribution is 2.09. The van der Waals surface area contributed by atoms with E-state index < -0.39 is 0 Å². The van der Waals surface area contributed by atoms with E-state index in [1.807, 2.05) is 53.4 Å². The Hall–Kier alpha value is -2.89. The van der Waals surface area contributed by atoms with Crippen molar-refractivity contribution in [2.75, 3.05) is 6.54 Å². The van der Waals surface area contributed by atoms with Gasteiger partial charge in [0, 0.05) is 36.6 Å². The van der Waals surface area contributed by atoms with Crippen LogP contribution in [0.4, 0.5) is 0 Å². The van der Waals surface area contributed by atoms with Gasteiger partial charge in [0.1, 0.15) is 12.2 Å². The Morgan fingerprint density at radius 1 is 1.19 bits per heavy atom. The third-order valence-electron chi connectivity index (χ3n) is 3.14. The number of aromatic nitrogens is 4. The van der Waals surface area contributed by atoms with Crippen molar-refractivity contribution < 1.29 is 4.79 Å². The molecule has 0 saturated heterocycles. The second kappa shape index (κ2) is 6.04. The maximum absolute atomic E-state index is 12.0. The number of H-pyrrole nitrogens is 1. The topological polar surface area (TPSA) is 75.6 Å². The van der Waals surface area contributed by atoms with Crippen molar-refractivity contribution in [3.8, 4) is 5.69 Å². The van der Waals surface area contributed by atoms with Gasteiger partial charge in [-0.15, -0.1) is 0 Å². The Morgan fingerprint density at radius 2 is 1.95 bits per heavy atom. The van der Waals surface area contributed by atoms with Gasteiger partial charge in [0.2, 0.25) is 0 Å². The molecule has 21 heavy (non-hydrogen) atoms. The lowest BCUT2D eigenvalue weighted by Crippen LogP contribution is -2.25. The fourth-order valence-corrected chi connectivity index (χ4v) is 2.04. The lowest BCUT2D eigenvalue weighted by atomic mass is 10.2. The van der Waals surface area contributed by atoms with Gasteiger partial charge in [-0.1, -0.05) is 0 Å². The monoisotopic (exact) mass is 281 g/mol. The first kappa shape index (κ1) is 13.1. The number of carbonyl (C=O) groups excluding carboxylic acids is 1. The van der Waals surface area contributed by atoms with Crippen LogP contribution < -0.4 is 5.32 Å². The molecule has 0 saturated carbocycles. The summed E-state index contributed by atoms with van der Waals surface area (Å²) in [5, 5.41) is 9.38. The predicted molar refractivity (Wildman–Crippen MR) is 78.2 cm³/mol. The summed E-state index contributed by atoms with van der Waals surface area (Å²) in [4.78, 5) is 16.0. The summed E-state index contributed by atoms with van der Waals surface area (Å²) in [6, 6.07) is 11.4. The van der Waals surface area contributed by atoms with Crippen molar-refractivity contribution in [3.05, 3.63) is 66.5 Å². The van der Waals surface area contributed by atoms with Crippen LogP contribution in [0.2, 0.25) is 0 Å². The summed E-state index contributed by atoms with van der Waals surface area (Å²) in [5.41, 5.74) is 1.67. The van der Waals surface area contributed by atoms with Crippen molar-refractivity contribution >= 4 is 5.91 Å². The maximum Gasteiger partial charge on any atom is 0.251 e. The number of hydrogen-bond acceptors (Lipinski definition) is 3. The third-order valence-corrected chi connectivity index (χ3v) is 3.14.